The number of hydrogen-bond donors (Lipinski definition) is 0. The molecule has 6 heteroatoms. The SMILES string of the molecule is Cl.N#CC(c1ccc(Cl)c(F)c1)N1CCOCC1. The van der Waals surface area contributed by atoms with Crippen molar-refractivity contribution in [3.05, 3.63) is 34.6 Å². The van der Waals surface area contributed by atoms with Gasteiger partial charge in [-0.15, -0.1) is 12.4 Å². The summed E-state index contributed by atoms with van der Waals surface area (Å²) >= 11 is 5.62. The number of halogens is 3. The van der Waals surface area contributed by atoms with Gasteiger partial charge in [-0.05, 0) is 17.7 Å². The molecule has 1 aliphatic rings. The van der Waals surface area contributed by atoms with E-state index in [-0.39, 0.29) is 17.4 Å². The highest BCUT2D eigenvalue weighted by molar-refractivity contribution is 6.30. The smallest absolute Gasteiger partial charge is 0.142 e. The molecule has 1 unspecified atom stereocenters. The summed E-state index contributed by atoms with van der Waals surface area (Å²) in [6.07, 6.45) is 0. The molecular formula is C12H13Cl2FN2O. The second-order valence-corrected chi connectivity index (χ2v) is 4.26. The van der Waals surface area contributed by atoms with E-state index in [9.17, 15) is 9.65 Å². The van der Waals surface area contributed by atoms with E-state index >= 15 is 0 Å². The van der Waals surface area contributed by atoms with Crippen molar-refractivity contribution in [3.63, 3.8) is 0 Å². The molecule has 0 amide bonds. The third-order valence-corrected chi connectivity index (χ3v) is 3.10. The summed E-state index contributed by atoms with van der Waals surface area (Å²) in [4.78, 5) is 1.98. The molecule has 3 nitrogen and oxygen atoms in total. The quantitative estimate of drug-likeness (QED) is 0.840. The lowest BCUT2D eigenvalue weighted by Gasteiger charge is -2.30. The molecule has 1 heterocycles. The van der Waals surface area contributed by atoms with Gasteiger partial charge in [0, 0.05) is 13.1 Å². The fourth-order valence-corrected chi connectivity index (χ4v) is 2.00. The predicted octanol–water partition coefficient (Wildman–Crippen LogP) is 2.80. The average molecular weight is 291 g/mol. The third kappa shape index (κ3) is 3.33. The van der Waals surface area contributed by atoms with Gasteiger partial charge in [-0.1, -0.05) is 17.7 Å². The Morgan fingerprint density at radius 3 is 2.61 bits per heavy atom. The minimum Gasteiger partial charge on any atom is -0.379 e. The number of hydrogen-bond acceptors (Lipinski definition) is 3. The zero-order chi connectivity index (χ0) is 12.3. The van der Waals surface area contributed by atoms with E-state index in [0.717, 1.165) is 0 Å². The summed E-state index contributed by atoms with van der Waals surface area (Å²) in [6, 6.07) is 6.25. The Morgan fingerprint density at radius 1 is 1.39 bits per heavy atom. The van der Waals surface area contributed by atoms with Gasteiger partial charge in [0.1, 0.15) is 11.9 Å². The van der Waals surface area contributed by atoms with Crippen LogP contribution in [0, 0.1) is 17.1 Å². The van der Waals surface area contributed by atoms with Crippen LogP contribution < -0.4 is 0 Å². The molecular weight excluding hydrogens is 278 g/mol. The maximum absolute atomic E-state index is 13.4. The molecule has 0 radical (unpaired) electrons. The normalized spacial score (nSPS) is 17.6. The second kappa shape index (κ2) is 6.91. The van der Waals surface area contributed by atoms with E-state index in [1.54, 1.807) is 6.07 Å². The third-order valence-electron chi connectivity index (χ3n) is 2.79. The molecule has 1 saturated heterocycles. The van der Waals surface area contributed by atoms with Gasteiger partial charge in [-0.25, -0.2) is 4.39 Å². The first-order valence-corrected chi connectivity index (χ1v) is 5.76. The number of nitriles is 1. The lowest BCUT2D eigenvalue weighted by atomic mass is 10.1. The van der Waals surface area contributed by atoms with Crippen molar-refractivity contribution in [1.29, 1.82) is 5.26 Å². The summed E-state index contributed by atoms with van der Waals surface area (Å²) in [6.45, 7) is 2.58. The van der Waals surface area contributed by atoms with Gasteiger partial charge in [0.2, 0.25) is 0 Å². The van der Waals surface area contributed by atoms with Crippen LogP contribution in [0.1, 0.15) is 11.6 Å². The van der Waals surface area contributed by atoms with Crippen molar-refractivity contribution in [3.8, 4) is 6.07 Å². The highest BCUT2D eigenvalue weighted by atomic mass is 35.5. The fourth-order valence-electron chi connectivity index (χ4n) is 1.89. The van der Waals surface area contributed by atoms with E-state index in [0.29, 0.717) is 31.9 Å². The molecule has 0 aromatic heterocycles. The maximum atomic E-state index is 13.4. The Morgan fingerprint density at radius 2 is 2.06 bits per heavy atom. The van der Waals surface area contributed by atoms with Crippen LogP contribution in [0.25, 0.3) is 0 Å². The monoisotopic (exact) mass is 290 g/mol. The zero-order valence-corrected chi connectivity index (χ0v) is 11.2. The van der Waals surface area contributed by atoms with Gasteiger partial charge in [0.25, 0.3) is 0 Å². The molecule has 0 N–H and O–H groups in total. The fraction of sp³-hybridized carbons (Fsp3) is 0.417. The summed E-state index contributed by atoms with van der Waals surface area (Å²) in [7, 11) is 0. The molecule has 1 aromatic rings. The molecule has 18 heavy (non-hydrogen) atoms. The first kappa shape index (κ1) is 15.2. The predicted molar refractivity (Wildman–Crippen MR) is 69.4 cm³/mol. The lowest BCUT2D eigenvalue weighted by Crippen LogP contribution is -2.38. The van der Waals surface area contributed by atoms with Gasteiger partial charge in [0.05, 0.1) is 24.3 Å². The molecule has 0 aliphatic carbocycles. The summed E-state index contributed by atoms with van der Waals surface area (Å²) in [5.41, 5.74) is 0.635. The van der Waals surface area contributed by atoms with E-state index < -0.39 is 11.9 Å². The first-order valence-electron chi connectivity index (χ1n) is 5.38. The van der Waals surface area contributed by atoms with Crippen LogP contribution in [0.3, 0.4) is 0 Å². The van der Waals surface area contributed by atoms with E-state index in [1.807, 2.05) is 4.90 Å². The molecule has 1 aliphatic heterocycles. The molecule has 2 rings (SSSR count). The van der Waals surface area contributed by atoms with E-state index in [4.69, 9.17) is 16.3 Å². The minimum absolute atomic E-state index is 0. The summed E-state index contributed by atoms with van der Waals surface area (Å²) in [5.74, 6) is -0.488. The van der Waals surface area contributed by atoms with Crippen molar-refractivity contribution in [1.82, 2.24) is 4.90 Å². The van der Waals surface area contributed by atoms with Crippen LogP contribution in [-0.4, -0.2) is 31.2 Å². The Hall–Kier alpha value is -0.860. The number of rotatable bonds is 2. The molecule has 0 spiro atoms. The number of benzene rings is 1. The molecule has 98 valence electrons. The molecule has 1 fully saturated rings. The van der Waals surface area contributed by atoms with E-state index in [2.05, 4.69) is 6.07 Å². The van der Waals surface area contributed by atoms with Crippen molar-refractivity contribution in [2.45, 2.75) is 6.04 Å². The van der Waals surface area contributed by atoms with Gasteiger partial charge in [0.15, 0.2) is 0 Å². The van der Waals surface area contributed by atoms with Crippen LogP contribution in [0.2, 0.25) is 5.02 Å². The van der Waals surface area contributed by atoms with Gasteiger partial charge in [-0.3, -0.25) is 4.90 Å². The standard InChI is InChI=1S/C12H12ClFN2O.ClH/c13-10-2-1-9(7-11(10)14)12(8-15)16-3-5-17-6-4-16;/h1-2,7,12H,3-6H2;1H. The molecule has 0 bridgehead atoms. The number of morpholine rings is 1. The van der Waals surface area contributed by atoms with Crippen molar-refractivity contribution in [2.24, 2.45) is 0 Å². The van der Waals surface area contributed by atoms with Gasteiger partial charge < -0.3 is 4.74 Å². The molecule has 1 atom stereocenters. The average Bonchev–Trinajstić information content (AvgIpc) is 2.36. The van der Waals surface area contributed by atoms with Crippen molar-refractivity contribution >= 4 is 24.0 Å². The number of nitrogens with zero attached hydrogens (tertiary/aromatic N) is 2. The molecule has 1 aromatic carbocycles. The highest BCUT2D eigenvalue weighted by Gasteiger charge is 2.22. The second-order valence-electron chi connectivity index (χ2n) is 3.85. The number of ether oxygens (including phenoxy) is 1. The summed E-state index contributed by atoms with van der Waals surface area (Å²) in [5, 5.41) is 9.28. The largest absolute Gasteiger partial charge is 0.379 e. The Bertz CT molecular complexity index is 444. The van der Waals surface area contributed by atoms with Crippen molar-refractivity contribution < 1.29 is 9.13 Å². The van der Waals surface area contributed by atoms with E-state index in [1.165, 1.54) is 12.1 Å². The van der Waals surface area contributed by atoms with Crippen LogP contribution in [-0.2, 0) is 4.74 Å². The van der Waals surface area contributed by atoms with Gasteiger partial charge in [-0.2, -0.15) is 5.26 Å². The topological polar surface area (TPSA) is 36.3 Å². The van der Waals surface area contributed by atoms with Crippen LogP contribution >= 0.6 is 24.0 Å². The minimum atomic E-state index is -0.488. The Kier molecular flexibility index (Phi) is 5.83. The summed E-state index contributed by atoms with van der Waals surface area (Å²) < 4.78 is 18.6. The van der Waals surface area contributed by atoms with Crippen molar-refractivity contribution in [2.75, 3.05) is 26.3 Å². The Balaban J connectivity index is 0.00000162. The van der Waals surface area contributed by atoms with Crippen LogP contribution in [0.5, 0.6) is 0 Å². The highest BCUT2D eigenvalue weighted by Crippen LogP contribution is 2.24. The molecule has 0 saturated carbocycles. The van der Waals surface area contributed by atoms with Crippen LogP contribution in [0.15, 0.2) is 18.2 Å². The lowest BCUT2D eigenvalue weighted by molar-refractivity contribution is 0.0266. The van der Waals surface area contributed by atoms with Gasteiger partial charge >= 0.3 is 0 Å². The zero-order valence-electron chi connectivity index (χ0n) is 9.60. The van der Waals surface area contributed by atoms with Crippen LogP contribution in [0.4, 0.5) is 4.39 Å². The first-order chi connectivity index (χ1) is 8.22. The maximum Gasteiger partial charge on any atom is 0.142 e. The Labute approximate surface area is 117 Å².